The minimum Gasteiger partial charge on any atom is -0.490 e. The molecule has 0 fully saturated rings. The van der Waals surface area contributed by atoms with Gasteiger partial charge in [0.25, 0.3) is 5.24 Å². The van der Waals surface area contributed by atoms with Crippen LogP contribution in [0.15, 0.2) is 12.1 Å². The third-order valence-electron chi connectivity index (χ3n) is 5.07. The van der Waals surface area contributed by atoms with Gasteiger partial charge in [0.05, 0.1) is 24.1 Å². The molecule has 1 aliphatic rings. The number of quaternary nitrogens is 1. The van der Waals surface area contributed by atoms with E-state index in [0.717, 1.165) is 0 Å². The molecule has 27 heavy (non-hydrogen) atoms. The van der Waals surface area contributed by atoms with E-state index in [1.165, 1.54) is 19.2 Å². The predicted octanol–water partition coefficient (Wildman–Crippen LogP) is 1.38. The minimum absolute atomic E-state index is 0.0786. The normalized spacial score (nSPS) is 23.5. The number of hydrogen-bond acceptors (Lipinski definition) is 7. The van der Waals surface area contributed by atoms with Crippen molar-refractivity contribution in [3.63, 3.8) is 0 Å². The van der Waals surface area contributed by atoms with Crippen LogP contribution in [-0.2, 0) is 16.0 Å². The number of nitrogens with two attached hydrogens (primary N) is 1. The van der Waals surface area contributed by atoms with E-state index in [0.29, 0.717) is 17.7 Å². The van der Waals surface area contributed by atoms with E-state index < -0.39 is 26.9 Å². The summed E-state index contributed by atoms with van der Waals surface area (Å²) in [7, 11) is 4.63. The van der Waals surface area contributed by atoms with Crippen LogP contribution in [0.5, 0.6) is 5.75 Å². The molecule has 2 N–H and O–H groups in total. The molecule has 0 aliphatic carbocycles. The fourth-order valence-electron chi connectivity index (χ4n) is 3.95. The molecule has 2 rings (SSSR count). The Labute approximate surface area is 162 Å². The van der Waals surface area contributed by atoms with E-state index >= 15 is 0 Å². The second-order valence-corrected chi connectivity index (χ2v) is 7.06. The molecule has 3 unspecified atom stereocenters. The topological polar surface area (TPSA) is 116 Å². The fraction of sp³-hybridized carbons (Fsp3) is 0.529. The van der Waals surface area contributed by atoms with Crippen LogP contribution in [0.25, 0.3) is 0 Å². The summed E-state index contributed by atoms with van der Waals surface area (Å²) in [6.07, 6.45) is -0.442. The van der Waals surface area contributed by atoms with Crippen molar-refractivity contribution in [1.82, 2.24) is 9.38 Å². The first-order valence-electron chi connectivity index (χ1n) is 8.51. The van der Waals surface area contributed by atoms with Gasteiger partial charge in [-0.15, -0.1) is 0 Å². The number of halogens is 1. The Morgan fingerprint density at radius 2 is 2.15 bits per heavy atom. The van der Waals surface area contributed by atoms with Gasteiger partial charge < -0.3 is 10.5 Å². The van der Waals surface area contributed by atoms with Crippen molar-refractivity contribution in [3.8, 4) is 5.75 Å². The van der Waals surface area contributed by atoms with Crippen molar-refractivity contribution < 1.29 is 19.2 Å². The lowest BCUT2D eigenvalue weighted by Crippen LogP contribution is -2.70. The first-order valence-corrected chi connectivity index (χ1v) is 8.89. The zero-order valence-corrected chi connectivity index (χ0v) is 16.5. The summed E-state index contributed by atoms with van der Waals surface area (Å²) in [6.45, 7) is 1.95. The van der Waals surface area contributed by atoms with Gasteiger partial charge in [0.2, 0.25) is 11.9 Å². The van der Waals surface area contributed by atoms with E-state index in [4.69, 9.17) is 22.1 Å². The van der Waals surface area contributed by atoms with Crippen molar-refractivity contribution in [2.45, 2.75) is 32.0 Å². The predicted molar refractivity (Wildman–Crippen MR) is 102 cm³/mol. The van der Waals surface area contributed by atoms with Crippen LogP contribution in [0.1, 0.15) is 18.9 Å². The van der Waals surface area contributed by atoms with E-state index in [2.05, 4.69) is 0 Å². The standard InChI is InChI=1S/C17H24ClN4O5/c1-5-22(16(15(18)23)20(2)3)13-9-8-12(21(25)26)14(27-4)10(13)6-7-11(19)17(22)24/h8-9,11,16H,5-7,19H2,1-4H3/q+1. The van der Waals surface area contributed by atoms with E-state index in [9.17, 15) is 19.7 Å². The number of carbonyl (C=O) groups is 2. The highest BCUT2D eigenvalue weighted by Gasteiger charge is 2.54. The van der Waals surface area contributed by atoms with Crippen LogP contribution < -0.4 is 15.0 Å². The van der Waals surface area contributed by atoms with Crippen molar-refractivity contribution in [1.29, 1.82) is 0 Å². The van der Waals surface area contributed by atoms with Gasteiger partial charge in [-0.25, -0.2) is 9.28 Å². The average molecular weight is 400 g/mol. The number of ether oxygens (including phenoxy) is 1. The molecule has 1 amide bonds. The van der Waals surface area contributed by atoms with Crippen LogP contribution >= 0.6 is 11.6 Å². The largest absolute Gasteiger partial charge is 0.490 e. The van der Waals surface area contributed by atoms with Crippen molar-refractivity contribution in [2.75, 3.05) is 27.7 Å². The summed E-state index contributed by atoms with van der Waals surface area (Å²) in [4.78, 5) is 38.1. The molecule has 0 saturated heterocycles. The molecule has 1 heterocycles. The summed E-state index contributed by atoms with van der Waals surface area (Å²) in [5, 5.41) is 10.7. The molecule has 9 nitrogen and oxygen atoms in total. The molecule has 0 bridgehead atoms. The van der Waals surface area contributed by atoms with Gasteiger partial charge in [0, 0.05) is 12.1 Å². The van der Waals surface area contributed by atoms with Gasteiger partial charge in [-0.3, -0.25) is 19.8 Å². The molecule has 0 radical (unpaired) electrons. The molecule has 0 spiro atoms. The highest BCUT2D eigenvalue weighted by Crippen LogP contribution is 2.44. The Balaban J connectivity index is 2.94. The van der Waals surface area contributed by atoms with Gasteiger partial charge in [0.15, 0.2) is 0 Å². The number of hydrogen-bond donors (Lipinski definition) is 1. The molecule has 3 atom stereocenters. The van der Waals surface area contributed by atoms with E-state index in [-0.39, 0.29) is 30.3 Å². The number of amides is 1. The number of carbonyl (C=O) groups excluding carboxylic acids is 2. The van der Waals surface area contributed by atoms with E-state index in [1.54, 1.807) is 25.9 Å². The van der Waals surface area contributed by atoms with E-state index in [1.807, 2.05) is 0 Å². The molecule has 1 aromatic rings. The van der Waals surface area contributed by atoms with Crippen LogP contribution in [-0.4, -0.2) is 60.9 Å². The Kier molecular flexibility index (Phi) is 6.21. The lowest BCUT2D eigenvalue weighted by Gasteiger charge is -2.42. The first kappa shape index (κ1) is 21.2. The number of rotatable bonds is 6. The van der Waals surface area contributed by atoms with Crippen LogP contribution in [0, 0.1) is 10.1 Å². The number of nitrogens with zero attached hydrogens (tertiary/aromatic N) is 3. The summed E-state index contributed by atoms with van der Waals surface area (Å²) < 4.78 is 4.89. The Morgan fingerprint density at radius 3 is 2.59 bits per heavy atom. The summed E-state index contributed by atoms with van der Waals surface area (Å²) in [6, 6.07) is 1.95. The molecule has 0 saturated carbocycles. The number of fused-ring (bicyclic) bond motifs is 1. The molecular weight excluding hydrogens is 376 g/mol. The lowest BCUT2D eigenvalue weighted by molar-refractivity contribution is -0.385. The highest BCUT2D eigenvalue weighted by atomic mass is 35.5. The smallest absolute Gasteiger partial charge is 0.337 e. The van der Waals surface area contributed by atoms with Crippen molar-refractivity contribution in [2.24, 2.45) is 5.73 Å². The quantitative estimate of drug-likeness (QED) is 0.332. The zero-order chi connectivity index (χ0) is 20.5. The Bertz CT molecular complexity index is 785. The molecule has 1 aromatic carbocycles. The number of benzene rings is 1. The maximum atomic E-state index is 13.4. The molecule has 1 aliphatic heterocycles. The molecule has 148 valence electrons. The van der Waals surface area contributed by atoms with Crippen LogP contribution in [0.2, 0.25) is 0 Å². The summed E-state index contributed by atoms with van der Waals surface area (Å²) >= 11 is 5.90. The third-order valence-corrected chi connectivity index (χ3v) is 5.27. The van der Waals surface area contributed by atoms with Crippen LogP contribution in [0.3, 0.4) is 0 Å². The molecular formula is C17H24ClN4O5+. The van der Waals surface area contributed by atoms with Gasteiger partial charge in [-0.2, -0.15) is 0 Å². The van der Waals surface area contributed by atoms with Crippen molar-refractivity contribution >= 4 is 34.1 Å². The monoisotopic (exact) mass is 399 g/mol. The van der Waals surface area contributed by atoms with Crippen LogP contribution in [0.4, 0.5) is 11.4 Å². The van der Waals surface area contributed by atoms with Gasteiger partial charge in [-0.05, 0) is 45.5 Å². The minimum atomic E-state index is -1.03. The van der Waals surface area contributed by atoms with Gasteiger partial charge in [0.1, 0.15) is 11.7 Å². The number of likely N-dealkylation sites (N-methyl/N-ethyl adjacent to an activating group) is 2. The zero-order valence-electron chi connectivity index (χ0n) is 15.8. The van der Waals surface area contributed by atoms with Gasteiger partial charge in [-0.1, -0.05) is 0 Å². The number of nitro groups is 1. The molecule has 10 heteroatoms. The number of nitro benzene ring substituents is 1. The SMILES string of the molecule is CC[N+]1(C(C(=O)Cl)N(C)C)C(=O)C(N)CCc2c1ccc([N+](=O)[O-])c2OC. The highest BCUT2D eigenvalue weighted by molar-refractivity contribution is 6.65. The Morgan fingerprint density at radius 1 is 1.52 bits per heavy atom. The average Bonchev–Trinajstić information content (AvgIpc) is 2.70. The fourth-order valence-corrected chi connectivity index (χ4v) is 4.31. The second-order valence-electron chi connectivity index (χ2n) is 6.68. The lowest BCUT2D eigenvalue weighted by atomic mass is 10.0. The maximum absolute atomic E-state index is 13.4. The molecule has 0 aromatic heterocycles. The Hall–Kier alpha value is -2.07. The first-order chi connectivity index (χ1) is 12.6. The number of methoxy groups -OCH3 is 1. The third kappa shape index (κ3) is 3.31. The van der Waals surface area contributed by atoms with Crippen molar-refractivity contribution in [3.05, 3.63) is 27.8 Å². The van der Waals surface area contributed by atoms with Gasteiger partial charge >= 0.3 is 11.6 Å². The summed E-state index contributed by atoms with van der Waals surface area (Å²) in [5.74, 6) is -0.283. The second kappa shape index (κ2) is 7.89. The maximum Gasteiger partial charge on any atom is 0.337 e. The summed E-state index contributed by atoms with van der Waals surface area (Å²) in [5.41, 5.74) is 6.87.